The van der Waals surface area contributed by atoms with Crippen molar-refractivity contribution in [2.75, 3.05) is 16.8 Å². The highest BCUT2D eigenvalue weighted by Crippen LogP contribution is 2.15. The van der Waals surface area contributed by atoms with Gasteiger partial charge < -0.3 is 9.84 Å². The number of nitriles is 1. The first-order valence-corrected chi connectivity index (χ1v) is 7.01. The van der Waals surface area contributed by atoms with Crippen LogP contribution in [-0.2, 0) is 9.59 Å². The summed E-state index contributed by atoms with van der Waals surface area (Å²) in [6, 6.07) is 10.2. The zero-order chi connectivity index (χ0) is 16.8. The van der Waals surface area contributed by atoms with Gasteiger partial charge in [-0.3, -0.25) is 14.5 Å². The van der Waals surface area contributed by atoms with Gasteiger partial charge in [0.25, 0.3) is 0 Å². The quantitative estimate of drug-likeness (QED) is 0.912. The van der Waals surface area contributed by atoms with Crippen LogP contribution >= 0.6 is 0 Å². The first-order chi connectivity index (χ1) is 11.0. The van der Waals surface area contributed by atoms with Crippen LogP contribution in [0, 0.1) is 18.3 Å². The molecule has 23 heavy (non-hydrogen) atoms. The summed E-state index contributed by atoms with van der Waals surface area (Å²) in [5.41, 5.74) is 1.12. The maximum atomic E-state index is 12.0. The molecule has 0 aliphatic heterocycles. The van der Waals surface area contributed by atoms with Gasteiger partial charge in [0.15, 0.2) is 5.82 Å². The number of aryl methyl sites for hydroxylation is 1. The van der Waals surface area contributed by atoms with Crippen molar-refractivity contribution in [2.24, 2.45) is 0 Å². The van der Waals surface area contributed by atoms with Gasteiger partial charge in [-0.25, -0.2) is 0 Å². The highest BCUT2D eigenvalue weighted by Gasteiger charge is 2.16. The molecule has 0 fully saturated rings. The molecule has 7 nitrogen and oxygen atoms in total. The number of anilines is 2. The smallest absolute Gasteiger partial charge is 0.226 e. The molecule has 0 unspecified atom stereocenters. The van der Waals surface area contributed by atoms with E-state index in [1.807, 2.05) is 6.07 Å². The standard InChI is InChI=1S/C16H16N4O3/c1-11-9-15(19-23-11)20(12(2)21)8-7-16(22)18-14-5-3-13(10-17)4-6-14/h3-6,9H,7-8H2,1-2H3,(H,18,22). The van der Waals surface area contributed by atoms with Gasteiger partial charge in [-0.05, 0) is 31.2 Å². The van der Waals surface area contributed by atoms with Crippen LogP contribution in [0.3, 0.4) is 0 Å². The molecule has 1 aromatic heterocycles. The second-order valence-electron chi connectivity index (χ2n) is 4.95. The third kappa shape index (κ3) is 4.41. The Hall–Kier alpha value is -3.14. The van der Waals surface area contributed by atoms with E-state index in [1.54, 1.807) is 37.3 Å². The number of nitrogens with one attached hydrogen (secondary N) is 1. The zero-order valence-corrected chi connectivity index (χ0v) is 12.9. The fourth-order valence-corrected chi connectivity index (χ4v) is 1.98. The van der Waals surface area contributed by atoms with Gasteiger partial charge in [0.05, 0.1) is 11.6 Å². The van der Waals surface area contributed by atoms with Crippen molar-refractivity contribution in [3.63, 3.8) is 0 Å². The van der Waals surface area contributed by atoms with E-state index in [0.29, 0.717) is 22.8 Å². The second-order valence-corrected chi connectivity index (χ2v) is 4.95. The Morgan fingerprint density at radius 1 is 1.35 bits per heavy atom. The average Bonchev–Trinajstić information content (AvgIpc) is 2.94. The van der Waals surface area contributed by atoms with Gasteiger partial charge >= 0.3 is 0 Å². The molecule has 1 N–H and O–H groups in total. The van der Waals surface area contributed by atoms with Crippen molar-refractivity contribution in [2.45, 2.75) is 20.3 Å². The minimum atomic E-state index is -0.235. The highest BCUT2D eigenvalue weighted by molar-refractivity contribution is 5.94. The first-order valence-electron chi connectivity index (χ1n) is 7.01. The molecular weight excluding hydrogens is 296 g/mol. The van der Waals surface area contributed by atoms with Crippen molar-refractivity contribution in [3.8, 4) is 6.07 Å². The molecule has 2 aromatic rings. The van der Waals surface area contributed by atoms with E-state index in [-0.39, 0.29) is 24.8 Å². The van der Waals surface area contributed by atoms with E-state index >= 15 is 0 Å². The summed E-state index contributed by atoms with van der Waals surface area (Å²) in [5, 5.41) is 15.2. The number of hydrogen-bond donors (Lipinski definition) is 1. The molecule has 118 valence electrons. The van der Waals surface area contributed by atoms with Gasteiger partial charge in [-0.15, -0.1) is 0 Å². The molecule has 2 rings (SSSR count). The van der Waals surface area contributed by atoms with Crippen molar-refractivity contribution in [3.05, 3.63) is 41.7 Å². The van der Waals surface area contributed by atoms with Crippen LogP contribution in [-0.4, -0.2) is 23.5 Å². The summed E-state index contributed by atoms with van der Waals surface area (Å²) >= 11 is 0. The third-order valence-electron chi connectivity index (χ3n) is 3.13. The van der Waals surface area contributed by atoms with Crippen LogP contribution < -0.4 is 10.2 Å². The Balaban J connectivity index is 1.93. The molecule has 1 aromatic carbocycles. The number of amides is 2. The largest absolute Gasteiger partial charge is 0.360 e. The summed E-state index contributed by atoms with van der Waals surface area (Å²) in [5.74, 6) is 0.528. The van der Waals surface area contributed by atoms with Crippen LogP contribution in [0.2, 0.25) is 0 Å². The lowest BCUT2D eigenvalue weighted by molar-refractivity contribution is -0.117. The summed E-state index contributed by atoms with van der Waals surface area (Å²) in [7, 11) is 0. The first kappa shape index (κ1) is 16.2. The minimum absolute atomic E-state index is 0.117. The third-order valence-corrected chi connectivity index (χ3v) is 3.13. The van der Waals surface area contributed by atoms with Crippen molar-refractivity contribution in [1.82, 2.24) is 5.16 Å². The number of aromatic nitrogens is 1. The number of benzene rings is 1. The predicted molar refractivity (Wildman–Crippen MR) is 83.7 cm³/mol. The lowest BCUT2D eigenvalue weighted by Gasteiger charge is -2.17. The van der Waals surface area contributed by atoms with Gasteiger partial charge in [0, 0.05) is 31.6 Å². The van der Waals surface area contributed by atoms with Crippen LogP contribution in [0.25, 0.3) is 0 Å². The molecular formula is C16H16N4O3. The Kier molecular flexibility index (Phi) is 5.10. The van der Waals surface area contributed by atoms with Crippen LogP contribution in [0.5, 0.6) is 0 Å². The molecule has 7 heteroatoms. The van der Waals surface area contributed by atoms with Crippen LogP contribution in [0.1, 0.15) is 24.7 Å². The van der Waals surface area contributed by atoms with E-state index in [2.05, 4.69) is 10.5 Å². The summed E-state index contributed by atoms with van der Waals surface area (Å²) in [6.45, 7) is 3.33. The molecule has 0 spiro atoms. The number of rotatable bonds is 5. The van der Waals surface area contributed by atoms with Crippen LogP contribution in [0.4, 0.5) is 11.5 Å². The minimum Gasteiger partial charge on any atom is -0.360 e. The molecule has 0 aliphatic carbocycles. The molecule has 0 atom stereocenters. The Morgan fingerprint density at radius 2 is 2.04 bits per heavy atom. The lowest BCUT2D eigenvalue weighted by Crippen LogP contribution is -2.32. The summed E-state index contributed by atoms with van der Waals surface area (Å²) in [4.78, 5) is 25.0. The molecule has 0 saturated carbocycles. The van der Waals surface area contributed by atoms with E-state index in [4.69, 9.17) is 9.78 Å². The highest BCUT2D eigenvalue weighted by atomic mass is 16.5. The second kappa shape index (κ2) is 7.22. The molecule has 0 bridgehead atoms. The molecule has 0 radical (unpaired) electrons. The van der Waals surface area contributed by atoms with E-state index < -0.39 is 0 Å². The SMILES string of the molecule is CC(=O)N(CCC(=O)Nc1ccc(C#N)cc1)c1cc(C)on1. The fraction of sp³-hybridized carbons (Fsp3) is 0.250. The maximum Gasteiger partial charge on any atom is 0.226 e. The van der Waals surface area contributed by atoms with Gasteiger partial charge in [-0.2, -0.15) is 5.26 Å². The van der Waals surface area contributed by atoms with Gasteiger partial charge in [0.1, 0.15) is 5.76 Å². The van der Waals surface area contributed by atoms with E-state index in [9.17, 15) is 9.59 Å². The molecule has 0 aliphatic rings. The van der Waals surface area contributed by atoms with E-state index in [0.717, 1.165) is 0 Å². The van der Waals surface area contributed by atoms with Crippen molar-refractivity contribution in [1.29, 1.82) is 5.26 Å². The molecule has 2 amide bonds. The van der Waals surface area contributed by atoms with E-state index in [1.165, 1.54) is 11.8 Å². The van der Waals surface area contributed by atoms with Crippen LogP contribution in [0.15, 0.2) is 34.9 Å². The fourth-order valence-electron chi connectivity index (χ4n) is 1.98. The monoisotopic (exact) mass is 312 g/mol. The Labute approximate surface area is 133 Å². The normalized spacial score (nSPS) is 9.96. The number of nitrogens with zero attached hydrogens (tertiary/aromatic N) is 3. The number of carbonyl (C=O) groups excluding carboxylic acids is 2. The zero-order valence-electron chi connectivity index (χ0n) is 12.9. The van der Waals surface area contributed by atoms with Crippen molar-refractivity contribution >= 4 is 23.3 Å². The van der Waals surface area contributed by atoms with Gasteiger partial charge in [0.2, 0.25) is 11.8 Å². The van der Waals surface area contributed by atoms with Crippen molar-refractivity contribution < 1.29 is 14.1 Å². The van der Waals surface area contributed by atoms with Gasteiger partial charge in [-0.1, -0.05) is 5.16 Å². The number of hydrogen-bond acceptors (Lipinski definition) is 5. The Bertz CT molecular complexity index is 743. The summed E-state index contributed by atoms with van der Waals surface area (Å²) in [6.07, 6.45) is 0.117. The lowest BCUT2D eigenvalue weighted by atomic mass is 10.2. The summed E-state index contributed by atoms with van der Waals surface area (Å²) < 4.78 is 4.95. The Morgan fingerprint density at radius 3 is 2.57 bits per heavy atom. The molecule has 0 saturated heterocycles. The number of carbonyl (C=O) groups is 2. The predicted octanol–water partition coefficient (Wildman–Crippen LogP) is 2.24. The molecule has 1 heterocycles. The topological polar surface area (TPSA) is 99.2 Å². The average molecular weight is 312 g/mol. The maximum absolute atomic E-state index is 12.0.